The maximum absolute atomic E-state index is 14.7. The van der Waals surface area contributed by atoms with E-state index in [1.165, 1.54) is 6.07 Å². The van der Waals surface area contributed by atoms with Crippen molar-refractivity contribution >= 4 is 57.8 Å². The van der Waals surface area contributed by atoms with Crippen LogP contribution in [0.3, 0.4) is 0 Å². The third kappa shape index (κ3) is 8.87. The summed E-state index contributed by atoms with van der Waals surface area (Å²) in [6, 6.07) is 17.0. The highest BCUT2D eigenvalue weighted by atomic mass is 35.5. The van der Waals surface area contributed by atoms with Gasteiger partial charge in [0.15, 0.2) is 0 Å². The van der Waals surface area contributed by atoms with Gasteiger partial charge in [0.25, 0.3) is 0 Å². The first-order valence-electron chi connectivity index (χ1n) is 14.7. The smallest absolute Gasteiger partial charge is 0.417 e. The summed E-state index contributed by atoms with van der Waals surface area (Å²) in [6.45, 7) is 10.5. The number of hydrogen-bond acceptors (Lipinski definition) is 8. The second-order valence-electron chi connectivity index (χ2n) is 12.6. The molecule has 1 heterocycles. The van der Waals surface area contributed by atoms with Crippen LogP contribution in [0.5, 0.6) is 0 Å². The van der Waals surface area contributed by atoms with Gasteiger partial charge in [0.1, 0.15) is 22.8 Å². The van der Waals surface area contributed by atoms with E-state index >= 15 is 0 Å². The molecule has 244 valence electrons. The van der Waals surface area contributed by atoms with Crippen LogP contribution in [0.25, 0.3) is 22.0 Å². The number of amides is 2. The Morgan fingerprint density at radius 2 is 1.70 bits per heavy atom. The molecule has 0 saturated carbocycles. The SMILES string of the molecule is CC(C)(C)OC(=O)NC(=N)N(CCCn1nc2cc(-c3ccccc3F)c(Cl)cc2c1Nc1cccc(N)c1)C(=O)OC(C)(C)C. The molecule has 11 nitrogen and oxygen atoms in total. The Morgan fingerprint density at radius 3 is 2.35 bits per heavy atom. The van der Waals surface area contributed by atoms with E-state index in [-0.39, 0.29) is 13.1 Å². The molecule has 0 aliphatic carbocycles. The van der Waals surface area contributed by atoms with Crippen LogP contribution in [-0.2, 0) is 16.0 Å². The molecule has 3 aromatic carbocycles. The molecule has 0 fully saturated rings. The lowest BCUT2D eigenvalue weighted by atomic mass is 10.0. The van der Waals surface area contributed by atoms with Crippen LogP contribution in [-0.4, -0.2) is 50.6 Å². The zero-order valence-electron chi connectivity index (χ0n) is 26.7. The number of carbonyl (C=O) groups excluding carboxylic acids is 2. The van der Waals surface area contributed by atoms with Gasteiger partial charge in [-0.3, -0.25) is 10.7 Å². The van der Waals surface area contributed by atoms with Gasteiger partial charge in [0.2, 0.25) is 5.96 Å². The molecule has 4 aromatic rings. The molecule has 5 N–H and O–H groups in total. The molecule has 0 aliphatic heterocycles. The standard InChI is InChI=1S/C33H39ClFN7O4/c1-32(2,3)45-30(43)39-29(37)41(31(44)46-33(4,5)6)15-10-16-42-28(38-21-12-9-11-20(36)17-21)24-18-25(34)23(19-27(24)40-42)22-13-7-8-14-26(22)35/h7-9,11-14,17-19,38H,10,15-16,36H2,1-6H3,(H2,37,39,43). The number of nitrogens with one attached hydrogen (secondary N) is 3. The maximum Gasteiger partial charge on any atom is 0.417 e. The first-order valence-corrected chi connectivity index (χ1v) is 15.0. The van der Waals surface area contributed by atoms with E-state index in [1.54, 1.807) is 88.7 Å². The number of alkyl carbamates (subject to hydrolysis) is 1. The summed E-state index contributed by atoms with van der Waals surface area (Å²) in [5.41, 5.74) is 7.03. The molecule has 4 rings (SSSR count). The number of guanidine groups is 1. The quantitative estimate of drug-likeness (QED) is 0.0901. The summed E-state index contributed by atoms with van der Waals surface area (Å²) < 4.78 is 27.2. The summed E-state index contributed by atoms with van der Waals surface area (Å²) in [4.78, 5) is 26.5. The Kier molecular flexibility index (Phi) is 10.1. The van der Waals surface area contributed by atoms with Crippen molar-refractivity contribution in [3.63, 3.8) is 0 Å². The Hall–Kier alpha value is -4.84. The Labute approximate surface area is 272 Å². The van der Waals surface area contributed by atoms with E-state index in [1.807, 2.05) is 12.1 Å². The van der Waals surface area contributed by atoms with Crippen molar-refractivity contribution in [2.45, 2.75) is 65.7 Å². The van der Waals surface area contributed by atoms with E-state index in [0.29, 0.717) is 50.7 Å². The van der Waals surface area contributed by atoms with Crippen LogP contribution < -0.4 is 16.4 Å². The Bertz CT molecular complexity index is 1760. The number of benzene rings is 3. The van der Waals surface area contributed by atoms with Crippen LogP contribution in [0.4, 0.5) is 31.2 Å². The molecular weight excluding hydrogens is 613 g/mol. The van der Waals surface area contributed by atoms with Crippen molar-refractivity contribution < 1.29 is 23.5 Å². The zero-order chi connectivity index (χ0) is 33.8. The number of carbonyl (C=O) groups is 2. The number of ether oxygens (including phenoxy) is 2. The monoisotopic (exact) mass is 651 g/mol. The highest BCUT2D eigenvalue weighted by molar-refractivity contribution is 6.34. The summed E-state index contributed by atoms with van der Waals surface area (Å²) in [5.74, 6) is -0.312. The predicted molar refractivity (Wildman–Crippen MR) is 179 cm³/mol. The Balaban J connectivity index is 1.65. The van der Waals surface area contributed by atoms with Crippen LogP contribution >= 0.6 is 11.6 Å². The number of aryl methyl sites for hydroxylation is 1. The van der Waals surface area contributed by atoms with E-state index < -0.39 is 35.2 Å². The second kappa shape index (κ2) is 13.7. The van der Waals surface area contributed by atoms with Crippen molar-refractivity contribution in [3.05, 3.63) is 71.5 Å². The van der Waals surface area contributed by atoms with Crippen molar-refractivity contribution in [1.82, 2.24) is 20.0 Å². The first kappa shape index (κ1) is 34.0. The topological polar surface area (TPSA) is 148 Å². The number of nitrogens with zero attached hydrogens (tertiary/aromatic N) is 3. The number of fused-ring (bicyclic) bond motifs is 1. The molecule has 0 spiro atoms. The lowest BCUT2D eigenvalue weighted by molar-refractivity contribution is 0.0354. The third-order valence-corrected chi connectivity index (χ3v) is 6.71. The van der Waals surface area contributed by atoms with E-state index in [2.05, 4.69) is 10.6 Å². The average Bonchev–Trinajstić information content (AvgIpc) is 3.24. The molecule has 46 heavy (non-hydrogen) atoms. The van der Waals surface area contributed by atoms with Gasteiger partial charge in [0.05, 0.1) is 5.52 Å². The lowest BCUT2D eigenvalue weighted by Crippen LogP contribution is -2.49. The van der Waals surface area contributed by atoms with Crippen LogP contribution in [0.15, 0.2) is 60.7 Å². The fourth-order valence-corrected chi connectivity index (χ4v) is 4.81. The number of nitrogen functional groups attached to an aromatic ring is 1. The molecule has 0 saturated heterocycles. The minimum Gasteiger partial charge on any atom is -0.444 e. The highest BCUT2D eigenvalue weighted by Crippen LogP contribution is 2.37. The minimum atomic E-state index is -0.874. The van der Waals surface area contributed by atoms with E-state index in [4.69, 9.17) is 37.3 Å². The molecule has 13 heteroatoms. The number of nitrogens with two attached hydrogens (primary N) is 1. The van der Waals surface area contributed by atoms with Crippen molar-refractivity contribution in [2.75, 3.05) is 17.6 Å². The normalized spacial score (nSPS) is 11.7. The fourth-order valence-electron chi connectivity index (χ4n) is 4.54. The molecule has 0 aliphatic rings. The van der Waals surface area contributed by atoms with Gasteiger partial charge >= 0.3 is 12.2 Å². The predicted octanol–water partition coefficient (Wildman–Crippen LogP) is 7.91. The minimum absolute atomic E-state index is 0.00128. The van der Waals surface area contributed by atoms with Gasteiger partial charge < -0.3 is 20.5 Å². The van der Waals surface area contributed by atoms with Crippen LogP contribution in [0, 0.1) is 11.2 Å². The van der Waals surface area contributed by atoms with Gasteiger partial charge in [0, 0.05) is 46.0 Å². The Morgan fingerprint density at radius 1 is 1.00 bits per heavy atom. The van der Waals surface area contributed by atoms with Crippen molar-refractivity contribution in [2.24, 2.45) is 0 Å². The lowest BCUT2D eigenvalue weighted by Gasteiger charge is -2.28. The number of rotatable bonds is 7. The average molecular weight is 652 g/mol. The van der Waals surface area contributed by atoms with Gasteiger partial charge in [-0.05, 0) is 84.4 Å². The van der Waals surface area contributed by atoms with E-state index in [0.717, 1.165) is 4.90 Å². The molecule has 2 amide bonds. The number of halogens is 2. The van der Waals surface area contributed by atoms with Crippen LogP contribution in [0.1, 0.15) is 48.0 Å². The summed E-state index contributed by atoms with van der Waals surface area (Å²) in [6.07, 6.45) is -1.38. The summed E-state index contributed by atoms with van der Waals surface area (Å²) in [7, 11) is 0. The van der Waals surface area contributed by atoms with Gasteiger partial charge in [-0.15, -0.1) is 0 Å². The first-order chi connectivity index (χ1) is 21.5. The maximum atomic E-state index is 14.7. The molecule has 1 aromatic heterocycles. The number of anilines is 3. The molecular formula is C33H39ClFN7O4. The largest absolute Gasteiger partial charge is 0.444 e. The van der Waals surface area contributed by atoms with Crippen LogP contribution in [0.2, 0.25) is 5.02 Å². The van der Waals surface area contributed by atoms with Gasteiger partial charge in [-0.25, -0.2) is 23.6 Å². The zero-order valence-corrected chi connectivity index (χ0v) is 27.5. The molecule has 0 unspecified atom stereocenters. The third-order valence-electron chi connectivity index (χ3n) is 6.40. The van der Waals surface area contributed by atoms with E-state index in [9.17, 15) is 14.0 Å². The summed E-state index contributed by atoms with van der Waals surface area (Å²) >= 11 is 6.69. The number of aromatic nitrogens is 2. The fraction of sp³-hybridized carbons (Fsp3) is 0.333. The summed E-state index contributed by atoms with van der Waals surface area (Å²) in [5, 5.41) is 19.9. The van der Waals surface area contributed by atoms with Crippen molar-refractivity contribution in [1.29, 1.82) is 5.41 Å². The van der Waals surface area contributed by atoms with Gasteiger partial charge in [-0.1, -0.05) is 35.9 Å². The highest BCUT2D eigenvalue weighted by Gasteiger charge is 2.28. The second-order valence-corrected chi connectivity index (χ2v) is 13.0. The molecule has 0 radical (unpaired) electrons. The number of hydrogen-bond donors (Lipinski definition) is 4. The molecule has 0 atom stereocenters. The molecule has 0 bridgehead atoms. The van der Waals surface area contributed by atoms with Crippen molar-refractivity contribution in [3.8, 4) is 11.1 Å². The van der Waals surface area contributed by atoms with Gasteiger partial charge in [-0.2, -0.15) is 5.10 Å².